The van der Waals surface area contributed by atoms with E-state index in [0.717, 1.165) is 0 Å². The van der Waals surface area contributed by atoms with E-state index in [1.54, 1.807) is 42.5 Å². The lowest BCUT2D eigenvalue weighted by atomic mass is 10.2. The van der Waals surface area contributed by atoms with Crippen molar-refractivity contribution in [3.05, 3.63) is 53.4 Å². The predicted octanol–water partition coefficient (Wildman–Crippen LogP) is 2.04. The van der Waals surface area contributed by atoms with Gasteiger partial charge in [-0.3, -0.25) is 9.59 Å². The first-order valence-electron chi connectivity index (χ1n) is 9.25. The van der Waals surface area contributed by atoms with Gasteiger partial charge in [-0.05, 0) is 36.4 Å². The Balaban J connectivity index is 1.20. The number of nitrogens with zero attached hydrogens (tertiary/aromatic N) is 2. The minimum absolute atomic E-state index is 0.155. The first-order chi connectivity index (χ1) is 15.1. The normalized spacial score (nSPS) is 11.8. The summed E-state index contributed by atoms with van der Waals surface area (Å²) in [6.07, 6.45) is 0. The van der Waals surface area contributed by atoms with Crippen LogP contribution in [0.2, 0.25) is 5.02 Å². The van der Waals surface area contributed by atoms with Crippen LogP contribution in [0.1, 0.15) is 10.7 Å². The van der Waals surface area contributed by atoms with Crippen LogP contribution in [0.15, 0.2) is 47.0 Å². The van der Waals surface area contributed by atoms with Gasteiger partial charge in [0.15, 0.2) is 18.1 Å². The fourth-order valence-corrected chi connectivity index (χ4v) is 2.86. The fourth-order valence-electron chi connectivity index (χ4n) is 2.68. The Morgan fingerprint density at radius 2 is 1.90 bits per heavy atom. The zero-order valence-electron chi connectivity index (χ0n) is 16.1. The van der Waals surface area contributed by atoms with Gasteiger partial charge in [-0.25, -0.2) is 0 Å². The monoisotopic (exact) mass is 444 g/mol. The highest BCUT2D eigenvalue weighted by atomic mass is 35.5. The summed E-state index contributed by atoms with van der Waals surface area (Å²) >= 11 is 5.85. The molecule has 0 bridgehead atoms. The second kappa shape index (κ2) is 9.35. The molecule has 2 N–H and O–H groups in total. The maximum atomic E-state index is 12.2. The molecule has 11 heteroatoms. The first kappa shape index (κ1) is 20.5. The Labute approximate surface area is 181 Å². The lowest BCUT2D eigenvalue weighted by Gasteiger charge is -2.08. The van der Waals surface area contributed by atoms with Gasteiger partial charge in [0.1, 0.15) is 5.75 Å². The van der Waals surface area contributed by atoms with Crippen molar-refractivity contribution < 1.29 is 28.3 Å². The summed E-state index contributed by atoms with van der Waals surface area (Å²) in [5.41, 5.74) is 0.624. The summed E-state index contributed by atoms with van der Waals surface area (Å²) in [7, 11) is 0. The van der Waals surface area contributed by atoms with Gasteiger partial charge in [-0.15, -0.1) is 0 Å². The third-order valence-electron chi connectivity index (χ3n) is 4.15. The van der Waals surface area contributed by atoms with Crippen molar-refractivity contribution in [3.8, 4) is 28.6 Å². The van der Waals surface area contributed by atoms with Crippen LogP contribution < -0.4 is 24.8 Å². The van der Waals surface area contributed by atoms with E-state index in [1.165, 1.54) is 0 Å². The van der Waals surface area contributed by atoms with Crippen LogP contribution in [0.5, 0.6) is 17.2 Å². The minimum Gasteiger partial charge on any atom is -0.484 e. The quantitative estimate of drug-likeness (QED) is 0.506. The van der Waals surface area contributed by atoms with Crippen LogP contribution in [0, 0.1) is 0 Å². The second-order valence-corrected chi connectivity index (χ2v) is 6.78. The highest BCUT2D eigenvalue weighted by molar-refractivity contribution is 6.30. The van der Waals surface area contributed by atoms with Gasteiger partial charge in [0.05, 0.1) is 0 Å². The van der Waals surface area contributed by atoms with Crippen molar-refractivity contribution in [2.45, 2.75) is 0 Å². The number of hydrogen-bond acceptors (Lipinski definition) is 8. The molecule has 1 aliphatic rings. The molecular formula is C20H17ClN4O6. The Morgan fingerprint density at radius 3 is 2.77 bits per heavy atom. The Kier molecular flexibility index (Phi) is 6.18. The maximum Gasteiger partial charge on any atom is 0.316 e. The van der Waals surface area contributed by atoms with Gasteiger partial charge in [0, 0.05) is 23.7 Å². The molecule has 0 atom stereocenters. The van der Waals surface area contributed by atoms with Crippen LogP contribution in [0.4, 0.5) is 0 Å². The molecule has 31 heavy (non-hydrogen) atoms. The van der Waals surface area contributed by atoms with E-state index in [1.807, 2.05) is 0 Å². The molecule has 0 fully saturated rings. The molecule has 2 aromatic carbocycles. The molecule has 4 rings (SSSR count). The van der Waals surface area contributed by atoms with Crippen LogP contribution in [0.25, 0.3) is 11.4 Å². The Bertz CT molecular complexity index is 1100. The van der Waals surface area contributed by atoms with Crippen molar-refractivity contribution in [1.82, 2.24) is 20.8 Å². The summed E-state index contributed by atoms with van der Waals surface area (Å²) in [6.45, 7) is 0.356. The lowest BCUT2D eigenvalue weighted by molar-refractivity contribution is -0.123. The van der Waals surface area contributed by atoms with Crippen molar-refractivity contribution in [1.29, 1.82) is 0 Å². The van der Waals surface area contributed by atoms with E-state index in [9.17, 15) is 9.59 Å². The second-order valence-electron chi connectivity index (χ2n) is 6.34. The van der Waals surface area contributed by atoms with E-state index >= 15 is 0 Å². The minimum atomic E-state index is -0.552. The summed E-state index contributed by atoms with van der Waals surface area (Å²) in [5, 5.41) is 9.54. The van der Waals surface area contributed by atoms with Gasteiger partial charge in [0.2, 0.25) is 12.6 Å². The molecule has 2 heterocycles. The number of halogens is 1. The average molecular weight is 445 g/mol. The van der Waals surface area contributed by atoms with Crippen molar-refractivity contribution in [2.75, 3.05) is 26.5 Å². The highest BCUT2D eigenvalue weighted by Crippen LogP contribution is 2.35. The molecular weight excluding hydrogens is 428 g/mol. The molecule has 10 nitrogen and oxygen atoms in total. The molecule has 160 valence electrons. The summed E-state index contributed by atoms with van der Waals surface area (Å²) < 4.78 is 20.9. The van der Waals surface area contributed by atoms with Gasteiger partial charge in [-0.1, -0.05) is 22.8 Å². The molecule has 0 spiro atoms. The molecule has 1 aliphatic heterocycles. The van der Waals surface area contributed by atoms with Crippen LogP contribution >= 0.6 is 11.6 Å². The highest BCUT2D eigenvalue weighted by Gasteiger charge is 2.19. The number of fused-ring (bicyclic) bond motifs is 1. The van der Waals surface area contributed by atoms with Crippen molar-refractivity contribution >= 4 is 23.4 Å². The average Bonchev–Trinajstić information content (AvgIpc) is 3.44. The summed E-state index contributed by atoms with van der Waals surface area (Å²) in [5.74, 6) is 0.860. The molecule has 0 unspecified atom stereocenters. The third kappa shape index (κ3) is 5.23. The van der Waals surface area contributed by atoms with E-state index in [0.29, 0.717) is 27.8 Å². The fraction of sp³-hybridized carbons (Fsp3) is 0.200. The smallest absolute Gasteiger partial charge is 0.316 e. The van der Waals surface area contributed by atoms with Crippen LogP contribution in [-0.2, 0) is 4.79 Å². The van der Waals surface area contributed by atoms with E-state index in [-0.39, 0.29) is 44.1 Å². The zero-order valence-corrected chi connectivity index (χ0v) is 16.8. The van der Waals surface area contributed by atoms with Crippen LogP contribution in [-0.4, -0.2) is 48.4 Å². The molecule has 3 aromatic rings. The van der Waals surface area contributed by atoms with Gasteiger partial charge < -0.3 is 29.4 Å². The molecule has 2 amide bonds. The third-order valence-corrected chi connectivity index (χ3v) is 4.38. The van der Waals surface area contributed by atoms with Crippen molar-refractivity contribution in [3.63, 3.8) is 0 Å². The Hall–Kier alpha value is -3.79. The lowest BCUT2D eigenvalue weighted by Crippen LogP contribution is -2.36. The molecule has 0 aliphatic carbocycles. The van der Waals surface area contributed by atoms with Crippen molar-refractivity contribution in [2.24, 2.45) is 0 Å². The van der Waals surface area contributed by atoms with Gasteiger partial charge in [0.25, 0.3) is 5.91 Å². The molecule has 1 aromatic heterocycles. The number of hydrogen-bond donors (Lipinski definition) is 2. The van der Waals surface area contributed by atoms with E-state index in [2.05, 4.69) is 20.8 Å². The number of rotatable bonds is 8. The van der Waals surface area contributed by atoms with E-state index in [4.69, 9.17) is 30.3 Å². The predicted molar refractivity (Wildman–Crippen MR) is 108 cm³/mol. The van der Waals surface area contributed by atoms with Gasteiger partial charge >= 0.3 is 11.8 Å². The summed E-state index contributed by atoms with van der Waals surface area (Å²) in [6, 6.07) is 11.9. The summed E-state index contributed by atoms with van der Waals surface area (Å²) in [4.78, 5) is 28.1. The molecule has 0 saturated carbocycles. The number of ether oxygens (including phenoxy) is 3. The number of carbonyl (C=O) groups excluding carboxylic acids is 2. The number of aromatic nitrogens is 2. The standard InChI is InChI=1S/C20H17ClN4O6/c21-13-2-1-3-14(9-13)28-10-17(26)22-6-7-23-19(27)20-24-18(25-31-20)12-4-5-15-16(8-12)30-11-29-15/h1-5,8-9H,6-7,10-11H2,(H,22,26)(H,23,27). The number of carbonyl (C=O) groups is 2. The maximum absolute atomic E-state index is 12.2. The number of benzene rings is 2. The van der Waals surface area contributed by atoms with Crippen LogP contribution in [0.3, 0.4) is 0 Å². The zero-order chi connectivity index (χ0) is 21.6. The van der Waals surface area contributed by atoms with E-state index < -0.39 is 5.91 Å². The largest absolute Gasteiger partial charge is 0.484 e. The number of amides is 2. The molecule has 0 radical (unpaired) electrons. The number of nitrogens with one attached hydrogen (secondary N) is 2. The topological polar surface area (TPSA) is 125 Å². The SMILES string of the molecule is O=C(COc1cccc(Cl)c1)NCCNC(=O)c1nc(-c2ccc3c(c2)OCO3)no1. The Morgan fingerprint density at radius 1 is 1.06 bits per heavy atom. The van der Waals surface area contributed by atoms with Gasteiger partial charge in [-0.2, -0.15) is 4.98 Å². The molecule has 0 saturated heterocycles. The first-order valence-corrected chi connectivity index (χ1v) is 9.63.